The number of hydrogen-bond donors (Lipinski definition) is 0. The molecule has 4 nitrogen and oxygen atoms in total. The van der Waals surface area contributed by atoms with E-state index in [0.29, 0.717) is 34.7 Å². The monoisotopic (exact) mass is 606 g/mol. The van der Waals surface area contributed by atoms with Gasteiger partial charge in [0.25, 0.3) is 13.4 Å². The van der Waals surface area contributed by atoms with E-state index in [-0.39, 0.29) is 13.4 Å². The summed E-state index contributed by atoms with van der Waals surface area (Å²) in [5, 5.41) is 25.9. The third-order valence-corrected chi connectivity index (χ3v) is 11.0. The molecular weight excluding hydrogens is 586 g/mol. The van der Waals surface area contributed by atoms with Crippen LogP contribution in [0.2, 0.25) is 0 Å². The Kier molecular flexibility index (Phi) is 3.94. The van der Waals surface area contributed by atoms with Crippen LogP contribution in [0.5, 0.6) is 23.0 Å². The predicted octanol–water partition coefficient (Wildman–Crippen LogP) is 5.53. The molecule has 0 spiro atoms. The highest BCUT2D eigenvalue weighted by molar-refractivity contribution is 7.01. The molecule has 0 aliphatic carbocycles. The summed E-state index contributed by atoms with van der Waals surface area (Å²) < 4.78 is 32.1. The van der Waals surface area contributed by atoms with E-state index in [2.05, 4.69) is 36.4 Å². The van der Waals surface area contributed by atoms with E-state index in [9.17, 15) is 13.3 Å². The molecule has 0 radical (unpaired) electrons. The van der Waals surface area contributed by atoms with Crippen LogP contribution in [-0.2, 0) is 0 Å². The molecule has 0 saturated carbocycles. The molecule has 8 aromatic carbocycles. The Bertz CT molecular complexity index is 2860. The van der Waals surface area contributed by atoms with Crippen LogP contribution in [-0.4, -0.2) is 13.4 Å². The Morgan fingerprint density at radius 1 is 0.479 bits per heavy atom. The highest BCUT2D eigenvalue weighted by Crippen LogP contribution is 2.46. The Morgan fingerprint density at radius 3 is 1.40 bits per heavy atom. The van der Waals surface area contributed by atoms with Crippen molar-refractivity contribution in [3.8, 4) is 57.4 Å². The minimum Gasteiger partial charge on any atom is -0.458 e. The van der Waals surface area contributed by atoms with Gasteiger partial charge in [0, 0.05) is 0 Å². The lowest BCUT2D eigenvalue weighted by Gasteiger charge is -2.36. The summed E-state index contributed by atoms with van der Waals surface area (Å²) in [6.45, 7) is -0.354. The minimum atomic E-state index is -0.177. The van der Waals surface area contributed by atoms with Gasteiger partial charge in [0.05, 0.1) is 26.0 Å². The number of benzene rings is 8. The molecule has 4 aliphatic heterocycles. The third kappa shape index (κ3) is 2.77. The molecule has 4 heterocycles. The average Bonchev–Trinajstić information content (AvgIpc) is 3.14. The van der Waals surface area contributed by atoms with Crippen molar-refractivity contribution in [3.05, 3.63) is 120 Å². The first-order valence-electron chi connectivity index (χ1n) is 17.0. The number of fused-ring (bicyclic) bond motifs is 8. The van der Waals surface area contributed by atoms with Gasteiger partial charge in [-0.25, -0.2) is 0 Å². The molecule has 0 saturated heterocycles. The molecule has 8 aromatic rings. The van der Waals surface area contributed by atoms with E-state index in [1.807, 2.05) is 72.8 Å². The number of para-hydroxylation sites is 2. The second-order valence-electron chi connectivity index (χ2n) is 13.2. The van der Waals surface area contributed by atoms with Crippen LogP contribution in [0, 0.1) is 22.7 Å². The van der Waals surface area contributed by atoms with Gasteiger partial charge in [-0.1, -0.05) is 83.7 Å². The smallest absolute Gasteiger partial charge is 0.252 e. The lowest BCUT2D eigenvalue weighted by Crippen LogP contribution is -2.58. The minimum absolute atomic E-state index is 0.177. The van der Waals surface area contributed by atoms with Crippen molar-refractivity contribution in [1.82, 2.24) is 0 Å². The molecule has 0 atom stereocenters. The second-order valence-corrected chi connectivity index (χ2v) is 13.2. The van der Waals surface area contributed by atoms with Gasteiger partial charge in [0.15, 0.2) is 0 Å². The zero-order valence-corrected chi connectivity index (χ0v) is 25.1. The van der Waals surface area contributed by atoms with Crippen LogP contribution < -0.4 is 42.3 Å². The van der Waals surface area contributed by atoms with Crippen molar-refractivity contribution in [3.63, 3.8) is 0 Å². The first-order valence-corrected chi connectivity index (χ1v) is 16.0. The van der Waals surface area contributed by atoms with Gasteiger partial charge in [0.2, 0.25) is 0 Å². The number of ether oxygens (including phenoxy) is 2. The van der Waals surface area contributed by atoms with Gasteiger partial charge in [0.1, 0.15) is 23.0 Å². The summed E-state index contributed by atoms with van der Waals surface area (Å²) in [4.78, 5) is 0. The largest absolute Gasteiger partial charge is 0.458 e. The van der Waals surface area contributed by atoms with Gasteiger partial charge >= 0.3 is 0 Å². The maximum atomic E-state index is 10.1. The number of rotatable bonds is 0. The van der Waals surface area contributed by atoms with E-state index in [1.54, 1.807) is 0 Å². The summed E-state index contributed by atoms with van der Waals surface area (Å²) in [6.07, 6.45) is 0. The van der Waals surface area contributed by atoms with Crippen LogP contribution in [0.4, 0.5) is 0 Å². The highest BCUT2D eigenvalue weighted by atomic mass is 16.5. The Labute approximate surface area is 278 Å². The lowest BCUT2D eigenvalue weighted by atomic mass is 9.32. The quantitative estimate of drug-likeness (QED) is 0.168. The fourth-order valence-corrected chi connectivity index (χ4v) is 9.22. The molecular formula is C42H18B2N2O2. The summed E-state index contributed by atoms with van der Waals surface area (Å²) in [6, 6.07) is 37.4. The van der Waals surface area contributed by atoms with Crippen molar-refractivity contribution in [2.45, 2.75) is 0 Å². The molecule has 0 N–H and O–H groups in total. The summed E-state index contributed by atoms with van der Waals surface area (Å²) in [5.74, 6) is 2.82. The molecule has 0 amide bonds. The van der Waals surface area contributed by atoms with E-state index < -0.39 is 0 Å². The van der Waals surface area contributed by atoms with E-state index >= 15 is 0 Å². The fraction of sp³-hybridized carbons (Fsp3) is 0. The van der Waals surface area contributed by atoms with Crippen molar-refractivity contribution >= 4 is 78.5 Å². The first-order chi connectivity index (χ1) is 24.5. The van der Waals surface area contributed by atoms with Crippen molar-refractivity contribution in [2.75, 3.05) is 0 Å². The van der Waals surface area contributed by atoms with Crippen molar-refractivity contribution < 1.29 is 12.2 Å². The average molecular weight is 606 g/mol. The van der Waals surface area contributed by atoms with Crippen LogP contribution in [0.25, 0.3) is 54.6 Å². The highest BCUT2D eigenvalue weighted by Gasteiger charge is 2.43. The molecule has 12 rings (SSSR count). The maximum Gasteiger partial charge on any atom is 0.252 e. The summed E-state index contributed by atoms with van der Waals surface area (Å²) in [5.41, 5.74) is 10.8. The molecule has 0 bridgehead atoms. The molecule has 0 unspecified atom stereocenters. The summed E-state index contributed by atoms with van der Waals surface area (Å²) in [7, 11) is 0. The van der Waals surface area contributed by atoms with E-state index in [1.165, 1.54) is 0 Å². The van der Waals surface area contributed by atoms with Crippen molar-refractivity contribution in [1.29, 1.82) is 10.5 Å². The summed E-state index contributed by atoms with van der Waals surface area (Å²) >= 11 is 0. The molecule has 214 valence electrons. The Balaban J connectivity index is 1.31. The second kappa shape index (κ2) is 8.26. The topological polar surface area (TPSA) is 66.0 Å². The molecule has 4 aliphatic rings. The van der Waals surface area contributed by atoms with Crippen LogP contribution in [0.15, 0.2) is 109 Å². The zero-order chi connectivity index (χ0) is 33.2. The van der Waals surface area contributed by atoms with Crippen LogP contribution in [0.1, 0.15) is 13.9 Å². The zero-order valence-electron chi connectivity index (χ0n) is 27.1. The lowest BCUT2D eigenvalue weighted by molar-refractivity contribution is 0.487. The number of nitriles is 2. The Hall–Kier alpha value is -6.49. The van der Waals surface area contributed by atoms with Crippen LogP contribution >= 0.6 is 0 Å². The normalized spacial score (nSPS) is 14.2. The number of nitrogens with zero attached hydrogens (tertiary/aromatic N) is 2. The standard InChI is InChI=1S/C42H18B2N2O2/c45-19-21-13-27-25-11-10-24-18-32-40-26(28-14-22(20-46)16-36-42(28)44(32)30-6-2-4-8-34(30)48-36)12-9-23-17-31(39(25)37(24)38(23)40)43-29-5-1-3-7-33(29)47-35(15-21)41(27)43/h1-18H/i9D,10D. The first kappa shape index (κ1) is 22.9. The molecule has 0 aromatic heterocycles. The third-order valence-electron chi connectivity index (χ3n) is 11.0. The van der Waals surface area contributed by atoms with Crippen molar-refractivity contribution in [2.24, 2.45) is 0 Å². The van der Waals surface area contributed by atoms with Crippen LogP contribution in [0.3, 0.4) is 0 Å². The van der Waals surface area contributed by atoms with Gasteiger partial charge in [-0.3, -0.25) is 0 Å². The van der Waals surface area contributed by atoms with Gasteiger partial charge < -0.3 is 9.47 Å². The van der Waals surface area contributed by atoms with Gasteiger partial charge in [-0.2, -0.15) is 10.5 Å². The molecule has 48 heavy (non-hydrogen) atoms. The fourth-order valence-electron chi connectivity index (χ4n) is 9.22. The van der Waals surface area contributed by atoms with E-state index in [0.717, 1.165) is 98.8 Å². The SMILES string of the molecule is [2H]c1cc2c3c(cc4c([2H])cc5c6c(cc1c3c46)B1c3ccccc3Oc3cc(C#N)cc-5c31)B1c3ccccc3Oc3cc(C#N)cc-2c31. The Morgan fingerprint density at radius 2 is 0.938 bits per heavy atom. The van der Waals surface area contributed by atoms with Gasteiger partial charge in [-0.05, 0) is 113 Å². The number of hydrogen-bond acceptors (Lipinski definition) is 4. The van der Waals surface area contributed by atoms with E-state index in [4.69, 9.17) is 9.47 Å². The molecule has 6 heteroatoms. The maximum absolute atomic E-state index is 10.1. The molecule has 0 fully saturated rings. The predicted molar refractivity (Wildman–Crippen MR) is 193 cm³/mol. The van der Waals surface area contributed by atoms with Gasteiger partial charge in [-0.15, -0.1) is 0 Å².